The molecular weight excluding hydrogens is 356 g/mol. The van der Waals surface area contributed by atoms with Crippen molar-refractivity contribution in [2.75, 3.05) is 7.05 Å². The Hall–Kier alpha value is -1.85. The van der Waals surface area contributed by atoms with Crippen molar-refractivity contribution in [3.8, 4) is 0 Å². The Morgan fingerprint density at radius 1 is 1.16 bits per heavy atom. The number of rotatable bonds is 6. The largest absolute Gasteiger partial charge is 0.340 e. The number of likely N-dealkylation sites (N-methyl/N-ethyl adjacent to an activating group) is 1. The van der Waals surface area contributed by atoms with E-state index in [1.54, 1.807) is 24.1 Å². The predicted octanol–water partition coefficient (Wildman–Crippen LogP) is 4.12. The van der Waals surface area contributed by atoms with E-state index in [1.165, 1.54) is 11.3 Å². The quantitative estimate of drug-likeness (QED) is 0.821. The zero-order valence-electron chi connectivity index (χ0n) is 14.9. The van der Waals surface area contributed by atoms with Gasteiger partial charge >= 0.3 is 0 Å². The summed E-state index contributed by atoms with van der Waals surface area (Å²) in [5, 5.41) is 2.87. The van der Waals surface area contributed by atoms with E-state index in [4.69, 9.17) is 11.6 Å². The first-order valence-electron chi connectivity index (χ1n) is 8.14. The fraction of sp³-hybridized carbons (Fsp3) is 0.368. The summed E-state index contributed by atoms with van der Waals surface area (Å²) in [5.41, 5.74) is 1.64. The SMILES string of the molecule is Cc1ccc(C(=O)N[C@H](C(=O)N(C)Cc2ccc(Cl)s2)C(C)C)cc1. The number of hydrogen-bond acceptors (Lipinski definition) is 3. The molecule has 0 spiro atoms. The van der Waals surface area contributed by atoms with Gasteiger partial charge < -0.3 is 10.2 Å². The Balaban J connectivity index is 2.06. The molecule has 0 saturated carbocycles. The molecule has 0 saturated heterocycles. The maximum absolute atomic E-state index is 12.8. The number of benzene rings is 1. The molecule has 0 aliphatic heterocycles. The van der Waals surface area contributed by atoms with Crippen LogP contribution in [0.25, 0.3) is 0 Å². The fourth-order valence-corrected chi connectivity index (χ4v) is 3.57. The van der Waals surface area contributed by atoms with Gasteiger partial charge in [-0.25, -0.2) is 0 Å². The molecule has 1 aromatic carbocycles. The van der Waals surface area contributed by atoms with Crippen molar-refractivity contribution in [1.29, 1.82) is 0 Å². The maximum atomic E-state index is 12.8. The van der Waals surface area contributed by atoms with Gasteiger partial charge in [-0.3, -0.25) is 9.59 Å². The smallest absolute Gasteiger partial charge is 0.251 e. The molecule has 0 aliphatic carbocycles. The molecule has 2 amide bonds. The van der Waals surface area contributed by atoms with E-state index in [2.05, 4.69) is 5.32 Å². The summed E-state index contributed by atoms with van der Waals surface area (Å²) in [6, 6.07) is 10.5. The zero-order valence-corrected chi connectivity index (χ0v) is 16.4. The van der Waals surface area contributed by atoms with Crippen LogP contribution in [-0.2, 0) is 11.3 Å². The summed E-state index contributed by atoms with van der Waals surface area (Å²) < 4.78 is 0.698. The van der Waals surface area contributed by atoms with Gasteiger partial charge in [-0.05, 0) is 37.1 Å². The molecule has 1 aromatic heterocycles. The van der Waals surface area contributed by atoms with Crippen LogP contribution in [0, 0.1) is 12.8 Å². The Bertz CT molecular complexity index is 740. The highest BCUT2D eigenvalue weighted by Gasteiger charge is 2.27. The predicted molar refractivity (Wildman–Crippen MR) is 103 cm³/mol. The van der Waals surface area contributed by atoms with Gasteiger partial charge in [0.1, 0.15) is 6.04 Å². The van der Waals surface area contributed by atoms with Crippen LogP contribution in [0.5, 0.6) is 0 Å². The molecule has 1 atom stereocenters. The van der Waals surface area contributed by atoms with E-state index >= 15 is 0 Å². The first kappa shape index (κ1) is 19.5. The molecule has 4 nitrogen and oxygen atoms in total. The molecule has 0 aliphatic rings. The molecule has 25 heavy (non-hydrogen) atoms. The van der Waals surface area contributed by atoms with Crippen molar-refractivity contribution in [3.05, 3.63) is 56.7 Å². The minimum atomic E-state index is -0.575. The Kier molecular flexibility index (Phi) is 6.62. The second kappa shape index (κ2) is 8.50. The minimum Gasteiger partial charge on any atom is -0.340 e. The third kappa shape index (κ3) is 5.31. The molecule has 134 valence electrons. The molecular formula is C19H23ClN2O2S. The van der Waals surface area contributed by atoms with Gasteiger partial charge in [0.15, 0.2) is 0 Å². The second-order valence-electron chi connectivity index (χ2n) is 6.46. The van der Waals surface area contributed by atoms with E-state index in [-0.39, 0.29) is 17.7 Å². The number of nitrogens with zero attached hydrogens (tertiary/aromatic N) is 1. The monoisotopic (exact) mass is 378 g/mol. The van der Waals surface area contributed by atoms with Crippen LogP contribution in [0.2, 0.25) is 4.34 Å². The fourth-order valence-electron chi connectivity index (χ4n) is 2.43. The standard InChI is InChI=1S/C19H23ClN2O2S/c1-12(2)17(21-18(23)14-7-5-13(3)6-8-14)19(24)22(4)11-15-9-10-16(20)25-15/h5-10,12,17H,11H2,1-4H3,(H,21,23)/t17-/m0/s1. The van der Waals surface area contributed by atoms with Crippen LogP contribution in [0.4, 0.5) is 0 Å². The summed E-state index contributed by atoms with van der Waals surface area (Å²) in [6.45, 7) is 6.29. The van der Waals surface area contributed by atoms with Gasteiger partial charge in [-0.1, -0.05) is 43.1 Å². The van der Waals surface area contributed by atoms with E-state index in [1.807, 2.05) is 45.0 Å². The lowest BCUT2D eigenvalue weighted by atomic mass is 10.0. The van der Waals surface area contributed by atoms with Gasteiger partial charge in [0, 0.05) is 17.5 Å². The Morgan fingerprint density at radius 2 is 1.80 bits per heavy atom. The lowest BCUT2D eigenvalue weighted by molar-refractivity contribution is -0.133. The first-order chi connectivity index (χ1) is 11.8. The number of hydrogen-bond donors (Lipinski definition) is 1. The van der Waals surface area contributed by atoms with Crippen LogP contribution in [0.3, 0.4) is 0 Å². The van der Waals surface area contributed by atoms with Crippen molar-refractivity contribution < 1.29 is 9.59 Å². The average molecular weight is 379 g/mol. The molecule has 2 aromatic rings. The van der Waals surface area contributed by atoms with Crippen molar-refractivity contribution in [1.82, 2.24) is 10.2 Å². The summed E-state index contributed by atoms with van der Waals surface area (Å²) in [7, 11) is 1.74. The van der Waals surface area contributed by atoms with Gasteiger partial charge in [-0.2, -0.15) is 0 Å². The molecule has 0 bridgehead atoms. The zero-order chi connectivity index (χ0) is 18.6. The number of aryl methyl sites for hydroxylation is 1. The molecule has 0 unspecified atom stereocenters. The summed E-state index contributed by atoms with van der Waals surface area (Å²) in [6.07, 6.45) is 0. The Morgan fingerprint density at radius 3 is 2.32 bits per heavy atom. The third-order valence-electron chi connectivity index (χ3n) is 3.93. The van der Waals surface area contributed by atoms with E-state index in [0.717, 1.165) is 10.4 Å². The van der Waals surface area contributed by atoms with Crippen molar-refractivity contribution in [3.63, 3.8) is 0 Å². The highest BCUT2D eigenvalue weighted by molar-refractivity contribution is 7.16. The summed E-state index contributed by atoms with van der Waals surface area (Å²) >= 11 is 7.39. The van der Waals surface area contributed by atoms with E-state index < -0.39 is 6.04 Å². The van der Waals surface area contributed by atoms with Crippen LogP contribution in [0.15, 0.2) is 36.4 Å². The van der Waals surface area contributed by atoms with Gasteiger partial charge in [0.2, 0.25) is 5.91 Å². The third-order valence-corrected chi connectivity index (χ3v) is 5.15. The lowest BCUT2D eigenvalue weighted by Gasteiger charge is -2.27. The molecule has 2 rings (SSSR count). The highest BCUT2D eigenvalue weighted by atomic mass is 35.5. The minimum absolute atomic E-state index is 0.0173. The van der Waals surface area contributed by atoms with Crippen LogP contribution in [0.1, 0.15) is 34.6 Å². The number of thiophene rings is 1. The average Bonchev–Trinajstić information content (AvgIpc) is 2.97. The van der Waals surface area contributed by atoms with Crippen LogP contribution < -0.4 is 5.32 Å². The highest BCUT2D eigenvalue weighted by Crippen LogP contribution is 2.22. The molecule has 0 radical (unpaired) electrons. The first-order valence-corrected chi connectivity index (χ1v) is 9.34. The number of carbonyl (C=O) groups is 2. The molecule has 1 N–H and O–H groups in total. The van der Waals surface area contributed by atoms with Crippen molar-refractivity contribution in [2.24, 2.45) is 5.92 Å². The molecule has 1 heterocycles. The van der Waals surface area contributed by atoms with Crippen LogP contribution in [-0.4, -0.2) is 29.8 Å². The van der Waals surface area contributed by atoms with Gasteiger partial charge in [0.25, 0.3) is 5.91 Å². The summed E-state index contributed by atoms with van der Waals surface area (Å²) in [4.78, 5) is 27.9. The van der Waals surface area contributed by atoms with Gasteiger partial charge in [0.05, 0.1) is 10.9 Å². The number of amides is 2. The molecule has 0 fully saturated rings. The number of carbonyl (C=O) groups excluding carboxylic acids is 2. The Labute approximate surface area is 157 Å². The van der Waals surface area contributed by atoms with Crippen molar-refractivity contribution >= 4 is 34.8 Å². The van der Waals surface area contributed by atoms with Crippen LogP contribution >= 0.6 is 22.9 Å². The molecule has 6 heteroatoms. The number of nitrogens with one attached hydrogen (secondary N) is 1. The maximum Gasteiger partial charge on any atom is 0.251 e. The van der Waals surface area contributed by atoms with Gasteiger partial charge in [-0.15, -0.1) is 11.3 Å². The normalized spacial score (nSPS) is 12.1. The number of halogens is 1. The van der Waals surface area contributed by atoms with E-state index in [9.17, 15) is 9.59 Å². The topological polar surface area (TPSA) is 49.4 Å². The van der Waals surface area contributed by atoms with Crippen molar-refractivity contribution in [2.45, 2.75) is 33.4 Å². The lowest BCUT2D eigenvalue weighted by Crippen LogP contribution is -2.49. The summed E-state index contributed by atoms with van der Waals surface area (Å²) in [5.74, 6) is -0.365. The second-order valence-corrected chi connectivity index (χ2v) is 8.26. The van der Waals surface area contributed by atoms with E-state index in [0.29, 0.717) is 16.4 Å².